The van der Waals surface area contributed by atoms with E-state index in [2.05, 4.69) is 5.16 Å². The van der Waals surface area contributed by atoms with Crippen molar-refractivity contribution in [3.05, 3.63) is 35.6 Å². The Morgan fingerprint density at radius 3 is 2.40 bits per heavy atom. The number of rotatable bonds is 5. The van der Waals surface area contributed by atoms with E-state index in [-0.39, 0.29) is 42.3 Å². The van der Waals surface area contributed by atoms with E-state index >= 15 is 0 Å². The number of hydrogen-bond donors (Lipinski definition) is 0. The lowest BCUT2D eigenvalue weighted by Gasteiger charge is -2.30. The molecule has 2 aromatic heterocycles. The number of nitrogens with zero attached hydrogens (tertiary/aromatic N) is 2. The Balaban J connectivity index is 1.71. The summed E-state index contributed by atoms with van der Waals surface area (Å²) in [5.74, 6) is 0.470. The molecule has 0 atom stereocenters. The third-order valence-corrected chi connectivity index (χ3v) is 8.72. The lowest BCUT2D eigenvalue weighted by molar-refractivity contribution is 0.343. The first-order chi connectivity index (χ1) is 11.7. The number of aromatic nitrogens is 1. The van der Waals surface area contributed by atoms with Crippen LogP contribution in [0.15, 0.2) is 32.2 Å². The van der Waals surface area contributed by atoms with Crippen LogP contribution in [0.25, 0.3) is 0 Å². The van der Waals surface area contributed by atoms with Gasteiger partial charge in [0.1, 0.15) is 22.1 Å². The van der Waals surface area contributed by atoms with Crippen LogP contribution in [0.4, 0.5) is 0 Å². The first-order valence-corrected chi connectivity index (χ1v) is 11.0. The highest BCUT2D eigenvalue weighted by atomic mass is 32.2. The smallest absolute Gasteiger partial charge is 0.248 e. The maximum Gasteiger partial charge on any atom is 0.248 e. The predicted octanol–water partition coefficient (Wildman–Crippen LogP) is 1.65. The number of hydrogen-bond acceptors (Lipinski definition) is 7. The molecule has 1 saturated heterocycles. The summed E-state index contributed by atoms with van der Waals surface area (Å²) in [7, 11) is -7.13. The Hall–Kier alpha value is -1.65. The maximum absolute atomic E-state index is 12.8. The molecular formula is C15H20N2O6S2. The van der Waals surface area contributed by atoms with Gasteiger partial charge in [0.15, 0.2) is 15.6 Å². The summed E-state index contributed by atoms with van der Waals surface area (Å²) < 4.78 is 61.9. The molecule has 0 N–H and O–H groups in total. The first kappa shape index (κ1) is 18.2. The molecule has 3 rings (SSSR count). The van der Waals surface area contributed by atoms with Crippen molar-refractivity contribution >= 4 is 19.9 Å². The standard InChI is InChI=1S/C15H20N2O6S2/c1-11-15(12(2)23-16-11)25(20,21)17-7-5-14(6-8-17)24(18,19)10-13-4-3-9-22-13/h3-4,9,14H,5-8,10H2,1-2H3. The molecule has 0 bridgehead atoms. The van der Waals surface area contributed by atoms with Gasteiger partial charge in [-0.05, 0) is 38.8 Å². The van der Waals surface area contributed by atoms with Crippen LogP contribution >= 0.6 is 0 Å². The number of aryl methyl sites for hydroxylation is 2. The molecule has 25 heavy (non-hydrogen) atoms. The highest BCUT2D eigenvalue weighted by Crippen LogP contribution is 2.28. The van der Waals surface area contributed by atoms with Crippen LogP contribution in [-0.4, -0.2) is 44.6 Å². The molecule has 3 heterocycles. The quantitative estimate of drug-likeness (QED) is 0.766. The molecule has 8 nitrogen and oxygen atoms in total. The zero-order valence-electron chi connectivity index (χ0n) is 14.0. The number of sulfonamides is 1. The molecular weight excluding hydrogens is 368 g/mol. The fourth-order valence-corrected chi connectivity index (χ4v) is 6.60. The number of sulfone groups is 1. The molecule has 0 aromatic carbocycles. The van der Waals surface area contributed by atoms with E-state index in [4.69, 9.17) is 8.94 Å². The van der Waals surface area contributed by atoms with Gasteiger partial charge in [-0.3, -0.25) is 0 Å². The highest BCUT2D eigenvalue weighted by Gasteiger charge is 2.37. The van der Waals surface area contributed by atoms with Gasteiger partial charge in [0.25, 0.3) is 0 Å². The normalized spacial score (nSPS) is 17.8. The van der Waals surface area contributed by atoms with Crippen LogP contribution in [0.5, 0.6) is 0 Å². The van der Waals surface area contributed by atoms with Crippen molar-refractivity contribution in [2.24, 2.45) is 0 Å². The van der Waals surface area contributed by atoms with Crippen LogP contribution < -0.4 is 0 Å². The molecule has 1 aliphatic heterocycles. The van der Waals surface area contributed by atoms with E-state index in [0.717, 1.165) is 0 Å². The van der Waals surface area contributed by atoms with Gasteiger partial charge in [0, 0.05) is 13.1 Å². The predicted molar refractivity (Wildman–Crippen MR) is 89.1 cm³/mol. The molecule has 2 aromatic rings. The van der Waals surface area contributed by atoms with Crippen molar-refractivity contribution in [1.82, 2.24) is 9.46 Å². The molecule has 0 spiro atoms. The molecule has 138 valence electrons. The Morgan fingerprint density at radius 2 is 1.88 bits per heavy atom. The van der Waals surface area contributed by atoms with E-state index in [1.165, 1.54) is 10.6 Å². The Bertz CT molecular complexity index is 917. The second-order valence-electron chi connectivity index (χ2n) is 6.14. The van der Waals surface area contributed by atoms with Gasteiger partial charge in [-0.25, -0.2) is 16.8 Å². The summed E-state index contributed by atoms with van der Waals surface area (Å²) in [6, 6.07) is 3.26. The van der Waals surface area contributed by atoms with Crippen LogP contribution in [0, 0.1) is 13.8 Å². The van der Waals surface area contributed by atoms with Crippen molar-refractivity contribution in [1.29, 1.82) is 0 Å². The zero-order valence-corrected chi connectivity index (χ0v) is 15.6. The van der Waals surface area contributed by atoms with E-state index in [0.29, 0.717) is 11.5 Å². The Kier molecular flexibility index (Phi) is 4.78. The van der Waals surface area contributed by atoms with Gasteiger partial charge in [-0.1, -0.05) is 5.16 Å². The summed E-state index contributed by atoms with van der Waals surface area (Å²) in [6.45, 7) is 3.42. The van der Waals surface area contributed by atoms with Gasteiger partial charge in [0.05, 0.1) is 11.5 Å². The average molecular weight is 388 g/mol. The monoisotopic (exact) mass is 388 g/mol. The SMILES string of the molecule is Cc1noc(C)c1S(=O)(=O)N1CCC(S(=O)(=O)Cc2ccco2)CC1. The minimum Gasteiger partial charge on any atom is -0.468 e. The summed E-state index contributed by atoms with van der Waals surface area (Å²) in [5.41, 5.74) is 0.310. The van der Waals surface area contributed by atoms with Crippen LogP contribution in [-0.2, 0) is 25.6 Å². The Morgan fingerprint density at radius 1 is 1.20 bits per heavy atom. The molecule has 0 unspecified atom stereocenters. The lowest BCUT2D eigenvalue weighted by Crippen LogP contribution is -2.42. The van der Waals surface area contributed by atoms with Gasteiger partial charge < -0.3 is 8.94 Å². The molecule has 1 aliphatic rings. The third-order valence-electron chi connectivity index (χ3n) is 4.40. The first-order valence-electron chi connectivity index (χ1n) is 7.89. The molecule has 0 aliphatic carbocycles. The van der Waals surface area contributed by atoms with Crippen LogP contribution in [0.1, 0.15) is 30.1 Å². The summed E-state index contributed by atoms with van der Waals surface area (Å²) in [6.07, 6.45) is 1.95. The second-order valence-corrected chi connectivity index (χ2v) is 10.3. The average Bonchev–Trinajstić information content (AvgIpc) is 3.17. The molecule has 0 amide bonds. The zero-order chi connectivity index (χ0) is 18.2. The summed E-state index contributed by atoms with van der Waals surface area (Å²) in [4.78, 5) is 0.0735. The lowest BCUT2D eigenvalue weighted by atomic mass is 10.2. The summed E-state index contributed by atoms with van der Waals surface area (Å²) >= 11 is 0. The third kappa shape index (κ3) is 3.51. The fraction of sp³-hybridized carbons (Fsp3) is 0.533. The highest BCUT2D eigenvalue weighted by molar-refractivity contribution is 7.91. The number of piperidine rings is 1. The van der Waals surface area contributed by atoms with Crippen molar-refractivity contribution < 1.29 is 25.8 Å². The van der Waals surface area contributed by atoms with E-state index in [9.17, 15) is 16.8 Å². The largest absolute Gasteiger partial charge is 0.468 e. The van der Waals surface area contributed by atoms with Crippen molar-refractivity contribution in [2.75, 3.05) is 13.1 Å². The van der Waals surface area contributed by atoms with Crippen molar-refractivity contribution in [2.45, 2.75) is 42.6 Å². The molecule has 0 saturated carbocycles. The second kappa shape index (κ2) is 6.58. The van der Waals surface area contributed by atoms with Crippen LogP contribution in [0.2, 0.25) is 0 Å². The fourth-order valence-electron chi connectivity index (χ4n) is 3.11. The minimum absolute atomic E-state index is 0.0735. The van der Waals surface area contributed by atoms with Gasteiger partial charge in [-0.2, -0.15) is 4.31 Å². The van der Waals surface area contributed by atoms with E-state index < -0.39 is 25.1 Å². The number of furan rings is 1. The summed E-state index contributed by atoms with van der Waals surface area (Å²) in [5, 5.41) is 3.11. The van der Waals surface area contributed by atoms with Crippen molar-refractivity contribution in [3.8, 4) is 0 Å². The van der Waals surface area contributed by atoms with Gasteiger partial charge in [-0.15, -0.1) is 0 Å². The molecule has 0 radical (unpaired) electrons. The van der Waals surface area contributed by atoms with Crippen LogP contribution in [0.3, 0.4) is 0 Å². The molecule has 1 fully saturated rings. The molecule has 10 heteroatoms. The van der Waals surface area contributed by atoms with Gasteiger partial charge >= 0.3 is 0 Å². The van der Waals surface area contributed by atoms with Crippen molar-refractivity contribution in [3.63, 3.8) is 0 Å². The minimum atomic E-state index is -3.74. The van der Waals surface area contributed by atoms with E-state index in [1.54, 1.807) is 26.0 Å². The Labute approximate surface area is 146 Å². The van der Waals surface area contributed by atoms with Gasteiger partial charge in [0.2, 0.25) is 10.0 Å². The topological polar surface area (TPSA) is 111 Å². The maximum atomic E-state index is 12.8. The van der Waals surface area contributed by atoms with E-state index in [1.807, 2.05) is 0 Å².